The number of hydrogen-bond acceptors (Lipinski definition) is 5. The summed E-state index contributed by atoms with van der Waals surface area (Å²) >= 11 is 0. The lowest BCUT2D eigenvalue weighted by molar-refractivity contribution is -0.918. The van der Waals surface area contributed by atoms with E-state index in [4.69, 9.17) is 4.74 Å². The zero-order valence-electron chi connectivity index (χ0n) is 14.7. The first-order valence-electron chi connectivity index (χ1n) is 8.81. The molecule has 1 saturated heterocycles. The fourth-order valence-electron chi connectivity index (χ4n) is 3.43. The van der Waals surface area contributed by atoms with Gasteiger partial charge in [0.1, 0.15) is 12.3 Å². The van der Waals surface area contributed by atoms with Crippen LogP contribution >= 0.6 is 0 Å². The molecule has 0 saturated carbocycles. The van der Waals surface area contributed by atoms with Crippen molar-refractivity contribution in [3.8, 4) is 11.5 Å². The van der Waals surface area contributed by atoms with Gasteiger partial charge in [0.05, 0.1) is 18.7 Å². The summed E-state index contributed by atoms with van der Waals surface area (Å²) in [6.45, 7) is 4.56. The summed E-state index contributed by atoms with van der Waals surface area (Å²) in [7, 11) is 2.11. The topological polar surface area (TPSA) is 69.9 Å². The second-order valence-electron chi connectivity index (χ2n) is 6.87. The van der Waals surface area contributed by atoms with Crippen molar-refractivity contribution >= 4 is 11.9 Å². The summed E-state index contributed by atoms with van der Waals surface area (Å²) in [6, 6.07) is 6.68. The van der Waals surface area contributed by atoms with Crippen LogP contribution in [0.25, 0.3) is 6.08 Å². The molecule has 0 bridgehead atoms. The molecule has 4 rings (SSSR count). The van der Waals surface area contributed by atoms with Crippen LogP contribution in [-0.4, -0.2) is 48.9 Å². The van der Waals surface area contributed by atoms with Crippen molar-refractivity contribution in [1.82, 2.24) is 9.88 Å². The maximum atomic E-state index is 12.7. The Kier molecular flexibility index (Phi) is 4.44. The summed E-state index contributed by atoms with van der Waals surface area (Å²) in [5.41, 5.74) is 1.92. The molecule has 1 aromatic heterocycles. The molecule has 6 heteroatoms. The smallest absolute Gasteiger partial charge is 0.231 e. The lowest BCUT2D eigenvalue weighted by Crippen LogP contribution is -3.13. The van der Waals surface area contributed by atoms with Crippen LogP contribution in [-0.2, 0) is 6.54 Å². The Balaban J connectivity index is 1.62. The van der Waals surface area contributed by atoms with Gasteiger partial charge in [-0.2, -0.15) is 0 Å². The van der Waals surface area contributed by atoms with E-state index in [-0.39, 0.29) is 17.3 Å². The number of ether oxygens (including phenoxy) is 1. The van der Waals surface area contributed by atoms with E-state index in [2.05, 4.69) is 16.9 Å². The predicted octanol–water partition coefficient (Wildman–Crippen LogP) is 0.102. The number of likely N-dealkylation sites (N-methyl/N-ethyl adjacent to an activating group) is 1. The first-order chi connectivity index (χ1) is 12.6. The number of carbonyl (C=O) groups is 1. The van der Waals surface area contributed by atoms with E-state index in [9.17, 15) is 9.90 Å². The Morgan fingerprint density at radius 3 is 2.69 bits per heavy atom. The Hall–Kier alpha value is -2.70. The number of fused-ring (bicyclic) bond motifs is 1. The fourth-order valence-corrected chi connectivity index (χ4v) is 3.43. The van der Waals surface area contributed by atoms with Gasteiger partial charge in [-0.05, 0) is 36.9 Å². The molecule has 134 valence electrons. The molecule has 0 spiro atoms. The summed E-state index contributed by atoms with van der Waals surface area (Å²) in [4.78, 5) is 20.3. The van der Waals surface area contributed by atoms with Gasteiger partial charge in [0.2, 0.25) is 5.78 Å². The maximum Gasteiger partial charge on any atom is 0.231 e. The quantitative estimate of drug-likeness (QED) is 0.795. The van der Waals surface area contributed by atoms with Crippen molar-refractivity contribution in [2.24, 2.45) is 0 Å². The molecule has 2 aliphatic rings. The van der Waals surface area contributed by atoms with Gasteiger partial charge in [-0.25, -0.2) is 0 Å². The second-order valence-corrected chi connectivity index (χ2v) is 6.87. The number of allylic oxidation sites excluding steroid dienone is 1. The minimum absolute atomic E-state index is 0.0619. The Morgan fingerprint density at radius 1 is 1.23 bits per heavy atom. The normalized spacial score (nSPS) is 19.6. The van der Waals surface area contributed by atoms with E-state index in [0.29, 0.717) is 23.4 Å². The zero-order valence-corrected chi connectivity index (χ0v) is 14.7. The lowest BCUT2D eigenvalue weighted by Gasteiger charge is -2.30. The molecule has 1 aromatic carbocycles. The third-order valence-corrected chi connectivity index (χ3v) is 5.02. The van der Waals surface area contributed by atoms with E-state index in [0.717, 1.165) is 31.7 Å². The number of nitrogens with zero attached hydrogens (tertiary/aromatic N) is 2. The van der Waals surface area contributed by atoms with Crippen LogP contribution < -0.4 is 14.7 Å². The molecule has 6 nitrogen and oxygen atoms in total. The van der Waals surface area contributed by atoms with Crippen LogP contribution in [0.4, 0.5) is 0 Å². The molecule has 0 amide bonds. The Labute approximate surface area is 152 Å². The average Bonchev–Trinajstić information content (AvgIpc) is 2.96. The number of rotatable bonds is 3. The van der Waals surface area contributed by atoms with Gasteiger partial charge in [-0.1, -0.05) is 11.8 Å². The van der Waals surface area contributed by atoms with Gasteiger partial charge in [-0.3, -0.25) is 14.7 Å². The van der Waals surface area contributed by atoms with Crippen LogP contribution in [0.1, 0.15) is 21.5 Å². The standard InChI is InChI=1S/C20H21N3O3/c1-22-8-10-23(11-9-22)13-16-17(24)3-2-15-19(25)18(26-20(15)16)12-14-4-6-21-7-5-14/h2-7,12,24H,8-11,13H2,1H3/b18-12-. The molecule has 3 heterocycles. The van der Waals surface area contributed by atoms with E-state index in [1.54, 1.807) is 36.7 Å². The molecule has 0 aliphatic carbocycles. The van der Waals surface area contributed by atoms with Crippen molar-refractivity contribution < 1.29 is 19.5 Å². The highest BCUT2D eigenvalue weighted by Gasteiger charge is 2.31. The largest absolute Gasteiger partial charge is 0.872 e. The number of ketones is 1. The first kappa shape index (κ1) is 16.8. The molecule has 0 atom stereocenters. The molecular formula is C20H21N3O3. The highest BCUT2D eigenvalue weighted by Crippen LogP contribution is 2.38. The number of benzene rings is 1. The predicted molar refractivity (Wildman–Crippen MR) is 95.0 cm³/mol. The van der Waals surface area contributed by atoms with Gasteiger partial charge in [0.15, 0.2) is 5.76 Å². The monoisotopic (exact) mass is 351 g/mol. The highest BCUT2D eigenvalue weighted by atomic mass is 16.5. The van der Waals surface area contributed by atoms with E-state index >= 15 is 0 Å². The van der Waals surface area contributed by atoms with E-state index in [1.807, 2.05) is 0 Å². The average molecular weight is 351 g/mol. The maximum absolute atomic E-state index is 12.7. The van der Waals surface area contributed by atoms with Crippen molar-refractivity contribution in [1.29, 1.82) is 0 Å². The lowest BCUT2D eigenvalue weighted by atomic mass is 10.0. The molecular weight excluding hydrogens is 330 g/mol. The number of aromatic nitrogens is 1. The third-order valence-electron chi connectivity index (χ3n) is 5.02. The molecule has 26 heavy (non-hydrogen) atoms. The van der Waals surface area contributed by atoms with E-state index in [1.165, 1.54) is 11.0 Å². The molecule has 2 aliphatic heterocycles. The summed E-state index contributed by atoms with van der Waals surface area (Å²) in [5.74, 6) is 0.459. The number of nitrogens with one attached hydrogen (secondary N) is 1. The number of pyridine rings is 1. The van der Waals surface area contributed by atoms with Crippen LogP contribution in [0.3, 0.4) is 0 Å². The minimum Gasteiger partial charge on any atom is -0.872 e. The zero-order chi connectivity index (χ0) is 18.1. The highest BCUT2D eigenvalue weighted by molar-refractivity contribution is 6.14. The Bertz CT molecular complexity index is 856. The van der Waals surface area contributed by atoms with Crippen LogP contribution in [0, 0.1) is 0 Å². The van der Waals surface area contributed by atoms with Crippen molar-refractivity contribution in [3.05, 3.63) is 59.1 Å². The number of piperazine rings is 1. The SMILES string of the molecule is CN1CC[NH+](Cc2c([O-])ccc3c2O/C(=C\c2ccncc2)C3=O)CC1. The van der Waals surface area contributed by atoms with Gasteiger partial charge in [-0.15, -0.1) is 0 Å². The first-order valence-corrected chi connectivity index (χ1v) is 8.81. The van der Waals surface area contributed by atoms with Crippen LogP contribution in [0.2, 0.25) is 0 Å². The summed E-state index contributed by atoms with van der Waals surface area (Å²) in [6.07, 6.45) is 5.02. The van der Waals surface area contributed by atoms with Gasteiger partial charge in [0.25, 0.3) is 0 Å². The second kappa shape index (κ2) is 6.90. The third kappa shape index (κ3) is 3.21. The number of carbonyl (C=O) groups excluding carboxylic acids is 1. The summed E-state index contributed by atoms with van der Waals surface area (Å²) < 4.78 is 5.87. The number of hydrogen-bond donors (Lipinski definition) is 1. The van der Waals surface area contributed by atoms with Gasteiger partial charge in [0, 0.05) is 31.0 Å². The van der Waals surface area contributed by atoms with Crippen molar-refractivity contribution in [3.63, 3.8) is 0 Å². The van der Waals surface area contributed by atoms with E-state index < -0.39 is 0 Å². The van der Waals surface area contributed by atoms with Gasteiger partial charge >= 0.3 is 0 Å². The number of quaternary nitrogens is 1. The molecule has 1 N–H and O–H groups in total. The Morgan fingerprint density at radius 2 is 1.96 bits per heavy atom. The van der Waals surface area contributed by atoms with Gasteiger partial charge < -0.3 is 14.7 Å². The summed E-state index contributed by atoms with van der Waals surface area (Å²) in [5, 5.41) is 12.4. The van der Waals surface area contributed by atoms with Crippen molar-refractivity contribution in [2.75, 3.05) is 33.2 Å². The molecule has 1 fully saturated rings. The molecule has 2 aromatic rings. The molecule has 0 unspecified atom stereocenters. The van der Waals surface area contributed by atoms with Crippen LogP contribution in [0.5, 0.6) is 11.5 Å². The molecule has 0 radical (unpaired) electrons. The van der Waals surface area contributed by atoms with Crippen molar-refractivity contribution in [2.45, 2.75) is 6.54 Å². The van der Waals surface area contributed by atoms with Crippen LogP contribution in [0.15, 0.2) is 42.4 Å². The number of Topliss-reactive ketones (excluding diaryl/α,β-unsaturated/α-hetero) is 1. The fraction of sp³-hybridized carbons (Fsp3) is 0.300. The minimum atomic E-state index is -0.175.